The monoisotopic (exact) mass is 206 g/mol. The molecule has 0 aliphatic carbocycles. The van der Waals surface area contributed by atoms with Gasteiger partial charge in [0.1, 0.15) is 6.10 Å². The van der Waals surface area contributed by atoms with Crippen LogP contribution in [0.15, 0.2) is 36.5 Å². The van der Waals surface area contributed by atoms with Crippen LogP contribution in [-0.4, -0.2) is 19.3 Å². The van der Waals surface area contributed by atoms with Gasteiger partial charge in [0.15, 0.2) is 0 Å². The van der Waals surface area contributed by atoms with Gasteiger partial charge in [-0.1, -0.05) is 0 Å². The Kier molecular flexibility index (Phi) is 2.16. The van der Waals surface area contributed by atoms with Crippen molar-refractivity contribution >= 4 is 0 Å². The van der Waals surface area contributed by atoms with Crippen molar-refractivity contribution in [3.8, 4) is 0 Å². The number of ether oxygens (including phenoxy) is 3. The average molecular weight is 206 g/mol. The molecule has 0 fully saturated rings. The minimum Gasteiger partial charge on any atom is -0.501 e. The van der Waals surface area contributed by atoms with Gasteiger partial charge in [-0.2, -0.15) is 0 Å². The van der Waals surface area contributed by atoms with E-state index in [9.17, 15) is 0 Å². The van der Waals surface area contributed by atoms with Crippen molar-refractivity contribution in [2.24, 2.45) is 11.8 Å². The minimum atomic E-state index is 0.187. The molecule has 0 saturated heterocycles. The van der Waals surface area contributed by atoms with Crippen LogP contribution < -0.4 is 0 Å². The lowest BCUT2D eigenvalue weighted by Gasteiger charge is -2.21. The summed E-state index contributed by atoms with van der Waals surface area (Å²) in [6.45, 7) is 1.53. The molecule has 3 unspecified atom stereocenters. The molecular weight excluding hydrogens is 192 g/mol. The Balaban J connectivity index is 1.73. The van der Waals surface area contributed by atoms with Gasteiger partial charge < -0.3 is 14.2 Å². The van der Waals surface area contributed by atoms with Gasteiger partial charge in [0, 0.05) is 23.8 Å². The number of rotatable bonds is 2. The van der Waals surface area contributed by atoms with E-state index in [1.807, 2.05) is 6.26 Å². The molecule has 0 amide bonds. The van der Waals surface area contributed by atoms with Crippen molar-refractivity contribution in [3.63, 3.8) is 0 Å². The second-order valence-electron chi connectivity index (χ2n) is 4.12. The third-order valence-corrected chi connectivity index (χ3v) is 3.21. The summed E-state index contributed by atoms with van der Waals surface area (Å²) in [6.07, 6.45) is 10.8. The van der Waals surface area contributed by atoms with E-state index in [4.69, 9.17) is 14.2 Å². The Morgan fingerprint density at radius 3 is 2.87 bits per heavy atom. The quantitative estimate of drug-likeness (QED) is 0.691. The van der Waals surface area contributed by atoms with E-state index in [1.54, 1.807) is 12.5 Å². The van der Waals surface area contributed by atoms with Crippen molar-refractivity contribution in [1.29, 1.82) is 0 Å². The van der Waals surface area contributed by atoms with E-state index in [0.717, 1.165) is 19.6 Å². The largest absolute Gasteiger partial charge is 0.501 e. The van der Waals surface area contributed by atoms with E-state index < -0.39 is 0 Å². The fourth-order valence-corrected chi connectivity index (χ4v) is 2.35. The topological polar surface area (TPSA) is 27.7 Å². The standard InChI is InChI=1S/C12H14O3/c1-2-12(15-4-1)11-8-14-7-10(11)9-3-5-13-6-9/h1,3-5,8-10,12H,2,6-7H2. The Hall–Kier alpha value is -1.38. The number of hydrogen-bond acceptors (Lipinski definition) is 3. The summed E-state index contributed by atoms with van der Waals surface area (Å²) in [6, 6.07) is 0. The number of hydrogen-bond donors (Lipinski definition) is 0. The molecule has 3 aliphatic heterocycles. The predicted molar refractivity (Wildman–Crippen MR) is 54.7 cm³/mol. The van der Waals surface area contributed by atoms with Gasteiger partial charge in [-0.25, -0.2) is 0 Å². The summed E-state index contributed by atoms with van der Waals surface area (Å²) in [5.41, 5.74) is 1.28. The first kappa shape index (κ1) is 8.89. The Morgan fingerprint density at radius 1 is 1.13 bits per heavy atom. The van der Waals surface area contributed by atoms with Crippen LogP contribution in [-0.2, 0) is 14.2 Å². The SMILES string of the molecule is C1=COC(C2=COCC2C2C=COC2)C1. The summed E-state index contributed by atoms with van der Waals surface area (Å²) >= 11 is 0. The molecule has 0 radical (unpaired) electrons. The molecule has 80 valence electrons. The first-order valence-electron chi connectivity index (χ1n) is 5.35. The highest BCUT2D eigenvalue weighted by atomic mass is 16.5. The molecule has 0 saturated carbocycles. The molecule has 0 bridgehead atoms. The van der Waals surface area contributed by atoms with Gasteiger partial charge in [0.2, 0.25) is 0 Å². The molecule has 3 heteroatoms. The predicted octanol–water partition coefficient (Wildman–Crippen LogP) is 1.98. The van der Waals surface area contributed by atoms with Crippen LogP contribution in [0.3, 0.4) is 0 Å². The van der Waals surface area contributed by atoms with E-state index in [-0.39, 0.29) is 6.10 Å². The van der Waals surface area contributed by atoms with Gasteiger partial charge in [-0.05, 0) is 12.2 Å². The Bertz CT molecular complexity index is 322. The molecule has 3 nitrogen and oxygen atoms in total. The Morgan fingerprint density at radius 2 is 2.13 bits per heavy atom. The third kappa shape index (κ3) is 1.52. The van der Waals surface area contributed by atoms with Gasteiger partial charge in [-0.3, -0.25) is 0 Å². The molecule has 15 heavy (non-hydrogen) atoms. The fraction of sp³-hybridized carbons (Fsp3) is 0.500. The normalized spacial score (nSPS) is 37.3. The lowest BCUT2D eigenvalue weighted by molar-refractivity contribution is 0.162. The van der Waals surface area contributed by atoms with Crippen molar-refractivity contribution in [2.45, 2.75) is 12.5 Å². The van der Waals surface area contributed by atoms with Gasteiger partial charge >= 0.3 is 0 Å². The van der Waals surface area contributed by atoms with Crippen molar-refractivity contribution in [2.75, 3.05) is 13.2 Å². The molecule has 0 spiro atoms. The first-order chi connectivity index (χ1) is 7.45. The van der Waals surface area contributed by atoms with Gasteiger partial charge in [-0.15, -0.1) is 0 Å². The maximum absolute atomic E-state index is 5.53. The van der Waals surface area contributed by atoms with Crippen LogP contribution in [0.4, 0.5) is 0 Å². The van der Waals surface area contributed by atoms with Crippen molar-refractivity contribution < 1.29 is 14.2 Å². The van der Waals surface area contributed by atoms with E-state index in [1.165, 1.54) is 5.57 Å². The first-order valence-corrected chi connectivity index (χ1v) is 5.35. The lowest BCUT2D eigenvalue weighted by atomic mass is 9.85. The average Bonchev–Trinajstić information content (AvgIpc) is 3.01. The zero-order valence-corrected chi connectivity index (χ0v) is 8.46. The fourth-order valence-electron chi connectivity index (χ4n) is 2.35. The van der Waals surface area contributed by atoms with Crippen LogP contribution >= 0.6 is 0 Å². The lowest BCUT2D eigenvalue weighted by Crippen LogP contribution is -2.23. The zero-order chi connectivity index (χ0) is 10.1. The molecule has 0 aromatic heterocycles. The van der Waals surface area contributed by atoms with E-state index in [2.05, 4.69) is 12.2 Å². The van der Waals surface area contributed by atoms with Crippen LogP contribution in [0, 0.1) is 11.8 Å². The van der Waals surface area contributed by atoms with E-state index in [0.29, 0.717) is 11.8 Å². The maximum Gasteiger partial charge on any atom is 0.126 e. The van der Waals surface area contributed by atoms with Crippen molar-refractivity contribution in [3.05, 3.63) is 36.5 Å². The molecule has 0 aromatic rings. The molecule has 0 N–H and O–H groups in total. The summed E-state index contributed by atoms with van der Waals surface area (Å²) < 4.78 is 16.2. The molecule has 0 aromatic carbocycles. The molecule has 3 atom stereocenters. The second-order valence-corrected chi connectivity index (χ2v) is 4.12. The van der Waals surface area contributed by atoms with Crippen LogP contribution in [0.25, 0.3) is 0 Å². The minimum absolute atomic E-state index is 0.187. The smallest absolute Gasteiger partial charge is 0.126 e. The van der Waals surface area contributed by atoms with Crippen LogP contribution in [0.2, 0.25) is 0 Å². The summed E-state index contributed by atoms with van der Waals surface area (Å²) in [4.78, 5) is 0. The third-order valence-electron chi connectivity index (χ3n) is 3.21. The summed E-state index contributed by atoms with van der Waals surface area (Å²) in [7, 11) is 0. The van der Waals surface area contributed by atoms with Gasteiger partial charge in [0.25, 0.3) is 0 Å². The molecular formula is C12H14O3. The Labute approximate surface area is 89.0 Å². The highest BCUT2D eigenvalue weighted by Crippen LogP contribution is 2.35. The van der Waals surface area contributed by atoms with E-state index >= 15 is 0 Å². The summed E-state index contributed by atoms with van der Waals surface area (Å²) in [5, 5.41) is 0. The van der Waals surface area contributed by atoms with Crippen LogP contribution in [0.1, 0.15) is 6.42 Å². The van der Waals surface area contributed by atoms with Crippen LogP contribution in [0.5, 0.6) is 0 Å². The molecule has 3 heterocycles. The highest BCUT2D eigenvalue weighted by Gasteiger charge is 2.35. The highest BCUT2D eigenvalue weighted by molar-refractivity contribution is 5.20. The second kappa shape index (κ2) is 3.65. The zero-order valence-electron chi connectivity index (χ0n) is 8.46. The molecule has 3 rings (SSSR count). The summed E-state index contributed by atoms with van der Waals surface area (Å²) in [5.74, 6) is 0.872. The van der Waals surface area contributed by atoms with Gasteiger partial charge in [0.05, 0.1) is 32.0 Å². The maximum atomic E-state index is 5.53. The van der Waals surface area contributed by atoms with Crippen molar-refractivity contribution in [1.82, 2.24) is 0 Å². The molecule has 3 aliphatic rings.